The Bertz CT molecular complexity index is 1190. The molecule has 10 heteroatoms. The number of phenols is 1. The number of phenolic OH excluding ortho intramolecular Hbond substituents is 1. The van der Waals surface area contributed by atoms with Gasteiger partial charge >= 0.3 is 0 Å². The molecule has 6 atom stereocenters. The quantitative estimate of drug-likeness (QED) is 0.371. The number of hydrogen-bond acceptors (Lipinski definition) is 5. The molecule has 1 aromatic carbocycles. The van der Waals surface area contributed by atoms with Gasteiger partial charge in [0.05, 0.1) is 11.8 Å². The van der Waals surface area contributed by atoms with E-state index in [9.17, 15) is 24.3 Å². The largest absolute Gasteiger partial charge is 0.508 e. The molecule has 3 fully saturated rings. The summed E-state index contributed by atoms with van der Waals surface area (Å²) in [4.78, 5) is 51.6. The maximum Gasteiger partial charge on any atom is 0.253 e. The molecule has 5 rings (SSSR count). The first kappa shape index (κ1) is 23.6. The lowest BCUT2D eigenvalue weighted by Gasteiger charge is -2.50. The van der Waals surface area contributed by atoms with Crippen LogP contribution in [0.2, 0.25) is 5.02 Å². The van der Waals surface area contributed by atoms with Gasteiger partial charge in [-0.25, -0.2) is 0 Å². The highest BCUT2D eigenvalue weighted by Gasteiger charge is 2.76. The third-order valence-corrected chi connectivity index (χ3v) is 9.50. The van der Waals surface area contributed by atoms with E-state index in [-0.39, 0.29) is 29.5 Å². The third-order valence-electron chi connectivity index (χ3n) is 7.85. The zero-order valence-electron chi connectivity index (χ0n) is 18.6. The molecule has 1 N–H and O–H groups in total. The van der Waals surface area contributed by atoms with Crippen LogP contribution in [-0.4, -0.2) is 61.9 Å². The van der Waals surface area contributed by atoms with E-state index in [0.717, 1.165) is 4.90 Å². The number of rotatable bonds is 3. The van der Waals surface area contributed by atoms with Gasteiger partial charge in [-0.05, 0) is 43.4 Å². The minimum atomic E-state index is -1.94. The molecule has 4 amide bonds. The summed E-state index contributed by atoms with van der Waals surface area (Å²) in [5, 5.41) is 11.1. The summed E-state index contributed by atoms with van der Waals surface area (Å²) in [6, 6.07) is 4.39. The Morgan fingerprint density at radius 1 is 1.09 bits per heavy atom. The molecule has 0 radical (unpaired) electrons. The fourth-order valence-corrected chi connectivity index (χ4v) is 7.55. The van der Waals surface area contributed by atoms with Crippen LogP contribution in [0.3, 0.4) is 0 Å². The van der Waals surface area contributed by atoms with E-state index < -0.39 is 45.2 Å². The molecule has 0 spiro atoms. The maximum atomic E-state index is 13.4. The molecule has 4 aliphatic rings. The number of aromatic hydroxyl groups is 1. The third kappa shape index (κ3) is 2.78. The molecule has 34 heavy (non-hydrogen) atoms. The van der Waals surface area contributed by atoms with Gasteiger partial charge in [-0.15, -0.1) is 23.2 Å². The van der Waals surface area contributed by atoms with E-state index in [1.165, 1.54) is 30.1 Å². The van der Waals surface area contributed by atoms with Gasteiger partial charge in [0.1, 0.15) is 5.75 Å². The van der Waals surface area contributed by atoms with Gasteiger partial charge in [0.25, 0.3) is 11.8 Å². The first-order valence-corrected chi connectivity index (χ1v) is 12.4. The van der Waals surface area contributed by atoms with Gasteiger partial charge in [0.2, 0.25) is 11.8 Å². The monoisotopic (exact) mass is 524 g/mol. The number of benzene rings is 1. The van der Waals surface area contributed by atoms with E-state index in [0.29, 0.717) is 30.0 Å². The predicted octanol–water partition coefficient (Wildman–Crippen LogP) is 3.44. The molecule has 2 saturated heterocycles. The molecular weight excluding hydrogens is 503 g/mol. The number of alkyl halides is 2. The van der Waals surface area contributed by atoms with Crippen molar-refractivity contribution in [1.82, 2.24) is 9.80 Å². The first-order valence-electron chi connectivity index (χ1n) is 11.2. The average molecular weight is 526 g/mol. The van der Waals surface area contributed by atoms with E-state index in [1.807, 2.05) is 13.0 Å². The Balaban J connectivity index is 1.74. The summed E-state index contributed by atoms with van der Waals surface area (Å²) in [5.41, 5.74) is 0.876. The molecule has 7 nitrogen and oxygen atoms in total. The second-order valence-corrected chi connectivity index (χ2v) is 11.2. The summed E-state index contributed by atoms with van der Waals surface area (Å²) in [6.07, 6.45) is 2.67. The first-order chi connectivity index (χ1) is 16.0. The fraction of sp³-hybridized carbons (Fsp3) is 0.500. The molecule has 2 heterocycles. The van der Waals surface area contributed by atoms with Gasteiger partial charge in [0, 0.05) is 30.1 Å². The van der Waals surface area contributed by atoms with Gasteiger partial charge in [-0.1, -0.05) is 30.2 Å². The van der Waals surface area contributed by atoms with Crippen LogP contribution >= 0.6 is 34.8 Å². The zero-order chi connectivity index (χ0) is 24.7. The second-order valence-electron chi connectivity index (χ2n) is 9.53. The highest BCUT2D eigenvalue weighted by atomic mass is 35.5. The van der Waals surface area contributed by atoms with Crippen molar-refractivity contribution in [3.8, 4) is 5.75 Å². The standard InChI is InChI=1S/C24H23Cl3N2O5/c1-3-8-29-19(31)13-6-5-12-15(17(13)20(29)32)10-23(26)21(33)28(2)22(34)24(23,27)18(12)14-9-11(25)4-7-16(14)30/h4-5,7,9,13,15,17-18,30H,3,6,8,10H2,1-2H3/t13-,15+,17-,18+,23+,24-/m0/s1. The number of halogens is 3. The second kappa shape index (κ2) is 7.70. The predicted molar refractivity (Wildman–Crippen MR) is 126 cm³/mol. The van der Waals surface area contributed by atoms with E-state index in [4.69, 9.17) is 34.8 Å². The van der Waals surface area contributed by atoms with Crippen molar-refractivity contribution in [2.75, 3.05) is 13.6 Å². The molecule has 0 aromatic heterocycles. The van der Waals surface area contributed by atoms with Crippen LogP contribution in [0.4, 0.5) is 0 Å². The highest BCUT2D eigenvalue weighted by Crippen LogP contribution is 2.66. The smallest absolute Gasteiger partial charge is 0.253 e. The van der Waals surface area contributed by atoms with E-state index in [2.05, 4.69) is 0 Å². The Morgan fingerprint density at radius 3 is 2.47 bits per heavy atom. The van der Waals surface area contributed by atoms with Crippen LogP contribution in [0.15, 0.2) is 29.8 Å². The van der Waals surface area contributed by atoms with Crippen LogP contribution in [0.1, 0.15) is 37.7 Å². The van der Waals surface area contributed by atoms with Gasteiger partial charge in [0.15, 0.2) is 9.75 Å². The van der Waals surface area contributed by atoms with Crippen LogP contribution in [0, 0.1) is 17.8 Å². The van der Waals surface area contributed by atoms with Gasteiger partial charge < -0.3 is 5.11 Å². The number of likely N-dealkylation sites (tertiary alicyclic amines) is 2. The Hall–Kier alpha value is -2.09. The number of carbonyl (C=O) groups is 4. The van der Waals surface area contributed by atoms with Crippen molar-refractivity contribution < 1.29 is 24.3 Å². The summed E-state index contributed by atoms with van der Waals surface area (Å²) in [5.74, 6) is -4.93. The Labute approximate surface area is 211 Å². The number of hydrogen-bond donors (Lipinski definition) is 1. The number of allylic oxidation sites excluding steroid dienone is 2. The summed E-state index contributed by atoms with van der Waals surface area (Å²) < 4.78 is 0. The number of imide groups is 2. The Morgan fingerprint density at radius 2 is 1.79 bits per heavy atom. The van der Waals surface area contributed by atoms with Crippen molar-refractivity contribution >= 4 is 58.4 Å². The molecule has 180 valence electrons. The van der Waals surface area contributed by atoms with Gasteiger partial charge in [-0.2, -0.15) is 0 Å². The summed E-state index contributed by atoms with van der Waals surface area (Å²) >= 11 is 20.3. The number of carbonyl (C=O) groups excluding carboxylic acids is 4. The van der Waals surface area contributed by atoms with Gasteiger partial charge in [-0.3, -0.25) is 29.0 Å². The molecule has 0 unspecified atom stereocenters. The normalized spacial score (nSPS) is 37.0. The lowest BCUT2D eigenvalue weighted by atomic mass is 9.56. The van der Waals surface area contributed by atoms with E-state index >= 15 is 0 Å². The van der Waals surface area contributed by atoms with Crippen molar-refractivity contribution in [3.63, 3.8) is 0 Å². The summed E-state index contributed by atoms with van der Waals surface area (Å²) in [6.45, 7) is 2.20. The van der Waals surface area contributed by atoms with Crippen LogP contribution < -0.4 is 0 Å². The minimum Gasteiger partial charge on any atom is -0.508 e. The highest BCUT2D eigenvalue weighted by molar-refractivity contribution is 6.53. The van der Waals surface area contributed by atoms with Crippen LogP contribution in [0.25, 0.3) is 0 Å². The molecule has 1 saturated carbocycles. The number of fused-ring (bicyclic) bond motifs is 4. The lowest BCUT2D eigenvalue weighted by Crippen LogP contribution is -2.60. The molecular formula is C24H23Cl3N2O5. The van der Waals surface area contributed by atoms with Crippen LogP contribution in [-0.2, 0) is 19.2 Å². The fourth-order valence-electron chi connectivity index (χ4n) is 6.36. The summed E-state index contributed by atoms with van der Waals surface area (Å²) in [7, 11) is 1.32. The molecule has 2 aliphatic carbocycles. The topological polar surface area (TPSA) is 95.0 Å². The van der Waals surface area contributed by atoms with Crippen molar-refractivity contribution in [2.45, 2.75) is 41.9 Å². The average Bonchev–Trinajstić information content (AvgIpc) is 3.11. The number of amides is 4. The zero-order valence-corrected chi connectivity index (χ0v) is 20.8. The molecule has 1 aromatic rings. The minimum absolute atomic E-state index is 0.0726. The Kier molecular flexibility index (Phi) is 5.36. The number of nitrogens with zero attached hydrogens (tertiary/aromatic N) is 2. The van der Waals surface area contributed by atoms with Crippen molar-refractivity contribution in [1.29, 1.82) is 0 Å². The van der Waals surface area contributed by atoms with Crippen LogP contribution in [0.5, 0.6) is 5.75 Å². The lowest BCUT2D eigenvalue weighted by molar-refractivity contribution is -0.141. The van der Waals surface area contributed by atoms with E-state index in [1.54, 1.807) is 0 Å². The SMILES string of the molecule is CCCN1C(=O)[C@H]2[C@H](CC=C3[C@H]2C[C@@]2(Cl)C(=O)N(C)C(=O)[C@@]2(Cl)[C@H]3c2cc(Cl)ccc2O)C1=O. The van der Waals surface area contributed by atoms with Crippen molar-refractivity contribution in [3.05, 3.63) is 40.4 Å². The van der Waals surface area contributed by atoms with Crippen molar-refractivity contribution in [2.24, 2.45) is 17.8 Å². The molecule has 0 bridgehead atoms. The maximum absolute atomic E-state index is 13.4. The molecule has 2 aliphatic heterocycles.